The summed E-state index contributed by atoms with van der Waals surface area (Å²) in [5.74, 6) is -9.03. The molecule has 4 rings (SSSR count). The summed E-state index contributed by atoms with van der Waals surface area (Å²) in [7, 11) is 0. The minimum Gasteiger partial charge on any atom is -0.475 e. The van der Waals surface area contributed by atoms with Crippen molar-refractivity contribution in [2.75, 3.05) is 13.1 Å². The Bertz CT molecular complexity index is 1250. The first-order valence-corrected chi connectivity index (χ1v) is 12.0. The van der Waals surface area contributed by atoms with E-state index < -0.39 is 42.3 Å². The third-order valence-corrected chi connectivity index (χ3v) is 5.79. The molecular formula is C24H22F10N4O7. The van der Waals surface area contributed by atoms with Crippen molar-refractivity contribution in [1.29, 1.82) is 0 Å². The molecule has 0 saturated carbocycles. The van der Waals surface area contributed by atoms with Gasteiger partial charge in [-0.05, 0) is 30.5 Å². The smallest absolute Gasteiger partial charge is 0.475 e. The number of carbonyl (C=O) groups is 4. The number of carboxylic acid groups (broad SMARTS) is 3. The van der Waals surface area contributed by atoms with Crippen LogP contribution < -0.4 is 0 Å². The Morgan fingerprint density at radius 1 is 0.733 bits per heavy atom. The maximum atomic E-state index is 13.9. The van der Waals surface area contributed by atoms with Crippen molar-refractivity contribution in [3.8, 4) is 0 Å². The number of carbonyl (C=O) groups excluding carboxylic acids is 1. The number of aliphatic carboxylic acids is 3. The number of hydrogen-bond acceptors (Lipinski definition) is 7. The molecule has 2 saturated heterocycles. The van der Waals surface area contributed by atoms with E-state index in [0.29, 0.717) is 12.6 Å². The highest BCUT2D eigenvalue weighted by Gasteiger charge is 2.45. The number of aromatic nitrogens is 2. The first-order valence-electron chi connectivity index (χ1n) is 12.0. The molecule has 2 aromatic heterocycles. The fourth-order valence-corrected chi connectivity index (χ4v) is 3.95. The van der Waals surface area contributed by atoms with Crippen LogP contribution in [0.2, 0.25) is 0 Å². The van der Waals surface area contributed by atoms with Gasteiger partial charge >= 0.3 is 36.4 Å². The van der Waals surface area contributed by atoms with E-state index in [1.165, 1.54) is 17.8 Å². The van der Waals surface area contributed by atoms with Crippen molar-refractivity contribution in [2.45, 2.75) is 50.0 Å². The summed E-state index contributed by atoms with van der Waals surface area (Å²) >= 11 is 0. The second-order valence-corrected chi connectivity index (χ2v) is 8.81. The van der Waals surface area contributed by atoms with E-state index in [2.05, 4.69) is 20.9 Å². The highest BCUT2D eigenvalue weighted by Crippen LogP contribution is 2.33. The molecule has 2 aromatic rings. The number of carboxylic acids is 3. The molecule has 4 heterocycles. The molecule has 21 heteroatoms. The molecular weight excluding hydrogens is 646 g/mol. The minimum absolute atomic E-state index is 0.122. The summed E-state index contributed by atoms with van der Waals surface area (Å²) in [6.07, 6.45) is -7.16. The molecule has 1 amide bonds. The minimum atomic E-state index is -5.08. The van der Waals surface area contributed by atoms with Crippen molar-refractivity contribution in [1.82, 2.24) is 19.8 Å². The quantitative estimate of drug-likeness (QED) is 0.408. The highest BCUT2D eigenvalue weighted by molar-refractivity contribution is 5.94. The summed E-state index contributed by atoms with van der Waals surface area (Å²) in [5, 5.41) is 21.4. The molecule has 0 bridgehead atoms. The van der Waals surface area contributed by atoms with Gasteiger partial charge in [0.1, 0.15) is 0 Å². The normalized spacial score (nSPS) is 17.8. The Balaban J connectivity index is 0.000000396. The number of rotatable bonds is 3. The summed E-state index contributed by atoms with van der Waals surface area (Å²) in [6.45, 7) is 2.48. The largest absolute Gasteiger partial charge is 0.490 e. The summed E-state index contributed by atoms with van der Waals surface area (Å²) < 4.78 is 109. The van der Waals surface area contributed by atoms with Gasteiger partial charge in [-0.2, -0.15) is 39.5 Å². The van der Waals surface area contributed by atoms with E-state index in [1.54, 1.807) is 6.20 Å². The molecule has 0 aromatic carbocycles. The van der Waals surface area contributed by atoms with Gasteiger partial charge in [0.05, 0.1) is 11.8 Å². The van der Waals surface area contributed by atoms with Gasteiger partial charge in [-0.25, -0.2) is 18.8 Å². The molecule has 0 spiro atoms. The number of halogens is 10. The van der Waals surface area contributed by atoms with Crippen LogP contribution in [0.3, 0.4) is 0 Å². The summed E-state index contributed by atoms with van der Waals surface area (Å²) in [4.78, 5) is 51.5. The van der Waals surface area contributed by atoms with Gasteiger partial charge in [0, 0.05) is 50.3 Å². The standard InChI is InChI=1S/C18H19FN4O.3C2HF3O2/c19-15-11-21-7-3-14(15)18(24)23-9-5-16-17(23)4-8-22(16)12-13-2-1-6-20-10-13;3*3-2(4,5)1(6)7/h1-3,6-7,10-11,16-17H,4-5,8-9,12H2;3*(H,6,7)/t16-,17+;;;/m0.../s1. The average Bonchev–Trinajstić information content (AvgIpc) is 3.52. The topological polar surface area (TPSA) is 161 Å². The highest BCUT2D eigenvalue weighted by atomic mass is 19.4. The third kappa shape index (κ3) is 12.5. The van der Waals surface area contributed by atoms with Crippen LogP contribution in [0.15, 0.2) is 43.0 Å². The second-order valence-electron chi connectivity index (χ2n) is 8.81. The lowest BCUT2D eigenvalue weighted by molar-refractivity contribution is -0.193. The van der Waals surface area contributed by atoms with Gasteiger partial charge in [0.25, 0.3) is 5.91 Å². The molecule has 250 valence electrons. The lowest BCUT2D eigenvalue weighted by Crippen LogP contribution is -2.39. The van der Waals surface area contributed by atoms with E-state index in [1.807, 2.05) is 17.2 Å². The Labute approximate surface area is 245 Å². The number of pyridine rings is 2. The van der Waals surface area contributed by atoms with E-state index >= 15 is 0 Å². The van der Waals surface area contributed by atoms with Crippen molar-refractivity contribution >= 4 is 23.8 Å². The molecule has 0 unspecified atom stereocenters. The van der Waals surface area contributed by atoms with Crippen molar-refractivity contribution in [2.24, 2.45) is 0 Å². The van der Waals surface area contributed by atoms with Crippen LogP contribution in [0.5, 0.6) is 0 Å². The summed E-state index contributed by atoms with van der Waals surface area (Å²) in [5.41, 5.74) is 1.31. The molecule has 3 N–H and O–H groups in total. The van der Waals surface area contributed by atoms with Crippen LogP contribution in [0.1, 0.15) is 28.8 Å². The first-order chi connectivity index (χ1) is 20.6. The van der Waals surface area contributed by atoms with Gasteiger partial charge in [0.15, 0.2) is 5.82 Å². The van der Waals surface area contributed by atoms with Crippen molar-refractivity contribution in [3.05, 3.63) is 59.9 Å². The fraction of sp³-hybridized carbons (Fsp3) is 0.417. The van der Waals surface area contributed by atoms with Crippen LogP contribution in [0.4, 0.5) is 43.9 Å². The number of nitrogens with zero attached hydrogens (tertiary/aromatic N) is 4. The lowest BCUT2D eigenvalue weighted by Gasteiger charge is -2.25. The first kappa shape index (κ1) is 38.5. The molecule has 45 heavy (non-hydrogen) atoms. The predicted octanol–water partition coefficient (Wildman–Crippen LogP) is 4.00. The Morgan fingerprint density at radius 2 is 1.20 bits per heavy atom. The third-order valence-electron chi connectivity index (χ3n) is 5.79. The van der Waals surface area contributed by atoms with E-state index in [9.17, 15) is 48.7 Å². The molecule has 11 nitrogen and oxygen atoms in total. The van der Waals surface area contributed by atoms with Gasteiger partial charge in [-0.3, -0.25) is 19.7 Å². The van der Waals surface area contributed by atoms with Crippen LogP contribution in [0, 0.1) is 5.82 Å². The van der Waals surface area contributed by atoms with Gasteiger partial charge in [-0.15, -0.1) is 0 Å². The molecule has 0 radical (unpaired) electrons. The maximum absolute atomic E-state index is 13.9. The molecule has 2 atom stereocenters. The number of amides is 1. The SMILES string of the molecule is O=C(O)C(F)(F)F.O=C(O)C(F)(F)F.O=C(O)C(F)(F)F.O=C(c1ccncc1F)N1CC[C@H]2[C@H]1CCN2Cc1cccnc1. The fourth-order valence-electron chi connectivity index (χ4n) is 3.95. The number of alkyl halides is 9. The zero-order valence-corrected chi connectivity index (χ0v) is 22.3. The number of likely N-dealkylation sites (tertiary alicyclic amines) is 2. The van der Waals surface area contributed by atoms with E-state index in [4.69, 9.17) is 29.7 Å². The van der Waals surface area contributed by atoms with Crippen molar-refractivity contribution < 1.29 is 78.4 Å². The van der Waals surface area contributed by atoms with E-state index in [0.717, 1.165) is 32.1 Å². The van der Waals surface area contributed by atoms with Crippen LogP contribution in [-0.4, -0.2) is 103 Å². The monoisotopic (exact) mass is 668 g/mol. The molecule has 2 aliphatic heterocycles. The van der Waals surface area contributed by atoms with Crippen LogP contribution in [-0.2, 0) is 20.9 Å². The Hall–Kier alpha value is -4.56. The van der Waals surface area contributed by atoms with Crippen LogP contribution >= 0.6 is 0 Å². The maximum Gasteiger partial charge on any atom is 0.490 e. The molecule has 0 aliphatic carbocycles. The Morgan fingerprint density at radius 3 is 1.62 bits per heavy atom. The van der Waals surface area contributed by atoms with Gasteiger partial charge < -0.3 is 20.2 Å². The zero-order valence-electron chi connectivity index (χ0n) is 22.3. The molecule has 2 fully saturated rings. The van der Waals surface area contributed by atoms with Crippen molar-refractivity contribution in [3.63, 3.8) is 0 Å². The zero-order chi connectivity index (χ0) is 34.8. The van der Waals surface area contributed by atoms with Gasteiger partial charge in [-0.1, -0.05) is 6.07 Å². The lowest BCUT2D eigenvalue weighted by atomic mass is 10.1. The number of hydrogen-bond donors (Lipinski definition) is 3. The number of fused-ring (bicyclic) bond motifs is 1. The van der Waals surface area contributed by atoms with Gasteiger partial charge in [0.2, 0.25) is 0 Å². The second kappa shape index (κ2) is 16.0. The summed E-state index contributed by atoms with van der Waals surface area (Å²) in [6, 6.07) is 6.00. The van der Waals surface area contributed by atoms with Crippen LogP contribution in [0.25, 0.3) is 0 Å². The predicted molar refractivity (Wildman–Crippen MR) is 128 cm³/mol. The van der Waals surface area contributed by atoms with E-state index in [-0.39, 0.29) is 17.5 Å². The Kier molecular flexibility index (Phi) is 13.6. The molecule has 2 aliphatic rings. The average molecular weight is 668 g/mol.